The standard InChI is InChI=1S/C18H27N/c1-15-6-5-9-18(13-15)10-11-19-14-17(18)12-16-7-3-2-4-8-16/h2-4,7-8,15,17,19H,5-6,9-14H2,1H3. The molecule has 0 aromatic heterocycles. The predicted molar refractivity (Wildman–Crippen MR) is 81.2 cm³/mol. The number of benzene rings is 1. The van der Waals surface area contributed by atoms with Crippen molar-refractivity contribution in [2.75, 3.05) is 13.1 Å². The normalized spacial score (nSPS) is 35.4. The molecular weight excluding hydrogens is 230 g/mol. The fraction of sp³-hybridized carbons (Fsp3) is 0.667. The van der Waals surface area contributed by atoms with Crippen LogP contribution in [0.2, 0.25) is 0 Å². The molecule has 104 valence electrons. The van der Waals surface area contributed by atoms with E-state index in [1.807, 2.05) is 0 Å². The van der Waals surface area contributed by atoms with E-state index in [0.29, 0.717) is 5.41 Å². The highest BCUT2D eigenvalue weighted by molar-refractivity contribution is 5.16. The van der Waals surface area contributed by atoms with Crippen molar-refractivity contribution in [2.24, 2.45) is 17.3 Å². The SMILES string of the molecule is CC1CCCC2(CCNCC2Cc2ccccc2)C1. The Morgan fingerprint density at radius 2 is 2.05 bits per heavy atom. The lowest BCUT2D eigenvalue weighted by Gasteiger charge is -2.49. The van der Waals surface area contributed by atoms with Crippen molar-refractivity contribution in [3.8, 4) is 0 Å². The summed E-state index contributed by atoms with van der Waals surface area (Å²) in [6.45, 7) is 4.92. The van der Waals surface area contributed by atoms with Crippen LogP contribution in [0.4, 0.5) is 0 Å². The lowest BCUT2D eigenvalue weighted by molar-refractivity contribution is 0.0369. The zero-order chi connectivity index (χ0) is 13.1. The molecule has 1 saturated heterocycles. The number of hydrogen-bond donors (Lipinski definition) is 1. The number of nitrogens with one attached hydrogen (secondary N) is 1. The predicted octanol–water partition coefficient (Wildman–Crippen LogP) is 4.04. The van der Waals surface area contributed by atoms with E-state index in [1.54, 1.807) is 0 Å². The monoisotopic (exact) mass is 257 g/mol. The first-order chi connectivity index (χ1) is 9.28. The van der Waals surface area contributed by atoms with Gasteiger partial charge in [-0.3, -0.25) is 0 Å². The van der Waals surface area contributed by atoms with Crippen LogP contribution in [0, 0.1) is 17.3 Å². The molecule has 1 saturated carbocycles. The Morgan fingerprint density at radius 3 is 2.84 bits per heavy atom. The van der Waals surface area contributed by atoms with Crippen LogP contribution in [-0.4, -0.2) is 13.1 Å². The molecule has 3 rings (SSSR count). The Labute approximate surface area is 117 Å². The van der Waals surface area contributed by atoms with Crippen molar-refractivity contribution in [3.05, 3.63) is 35.9 Å². The minimum atomic E-state index is 0.638. The van der Waals surface area contributed by atoms with Gasteiger partial charge in [0.1, 0.15) is 0 Å². The summed E-state index contributed by atoms with van der Waals surface area (Å²) in [6, 6.07) is 11.1. The molecule has 3 unspecified atom stereocenters. The van der Waals surface area contributed by atoms with E-state index in [-0.39, 0.29) is 0 Å². The minimum absolute atomic E-state index is 0.638. The molecule has 0 radical (unpaired) electrons. The Kier molecular flexibility index (Phi) is 3.93. The summed E-state index contributed by atoms with van der Waals surface area (Å²) in [5.74, 6) is 1.77. The highest BCUT2D eigenvalue weighted by Gasteiger charge is 2.42. The second kappa shape index (κ2) is 5.66. The van der Waals surface area contributed by atoms with Crippen LogP contribution in [0.25, 0.3) is 0 Å². The van der Waals surface area contributed by atoms with Crippen LogP contribution in [0.5, 0.6) is 0 Å². The quantitative estimate of drug-likeness (QED) is 0.843. The summed E-state index contributed by atoms with van der Waals surface area (Å²) >= 11 is 0. The summed E-state index contributed by atoms with van der Waals surface area (Å²) in [5, 5.41) is 3.64. The van der Waals surface area contributed by atoms with Gasteiger partial charge in [0.25, 0.3) is 0 Å². The van der Waals surface area contributed by atoms with Gasteiger partial charge in [-0.1, -0.05) is 50.1 Å². The van der Waals surface area contributed by atoms with Crippen LogP contribution >= 0.6 is 0 Å². The van der Waals surface area contributed by atoms with Crippen LogP contribution < -0.4 is 5.32 Å². The van der Waals surface area contributed by atoms with E-state index in [0.717, 1.165) is 11.8 Å². The van der Waals surface area contributed by atoms with E-state index >= 15 is 0 Å². The number of hydrogen-bond acceptors (Lipinski definition) is 1. The van der Waals surface area contributed by atoms with Gasteiger partial charge in [-0.2, -0.15) is 0 Å². The van der Waals surface area contributed by atoms with Crippen LogP contribution in [-0.2, 0) is 6.42 Å². The molecule has 0 amide bonds. The highest BCUT2D eigenvalue weighted by atomic mass is 14.9. The minimum Gasteiger partial charge on any atom is -0.316 e. The van der Waals surface area contributed by atoms with E-state index in [1.165, 1.54) is 57.2 Å². The first-order valence-electron chi connectivity index (χ1n) is 8.03. The molecule has 1 aromatic rings. The van der Waals surface area contributed by atoms with Crippen LogP contribution in [0.15, 0.2) is 30.3 Å². The van der Waals surface area contributed by atoms with Gasteiger partial charge in [-0.05, 0) is 61.6 Å². The lowest BCUT2D eigenvalue weighted by Crippen LogP contribution is -2.48. The average molecular weight is 257 g/mol. The van der Waals surface area contributed by atoms with Crippen molar-refractivity contribution >= 4 is 0 Å². The van der Waals surface area contributed by atoms with Crippen molar-refractivity contribution in [2.45, 2.75) is 45.4 Å². The molecule has 2 fully saturated rings. The maximum absolute atomic E-state index is 3.64. The molecule has 19 heavy (non-hydrogen) atoms. The maximum atomic E-state index is 3.64. The molecular formula is C18H27N. The fourth-order valence-electron chi connectivity index (χ4n) is 4.52. The van der Waals surface area contributed by atoms with Gasteiger partial charge in [-0.25, -0.2) is 0 Å². The summed E-state index contributed by atoms with van der Waals surface area (Å²) in [4.78, 5) is 0. The summed E-state index contributed by atoms with van der Waals surface area (Å²) < 4.78 is 0. The van der Waals surface area contributed by atoms with E-state index in [2.05, 4.69) is 42.6 Å². The van der Waals surface area contributed by atoms with Gasteiger partial charge in [0, 0.05) is 0 Å². The number of piperidine rings is 1. The van der Waals surface area contributed by atoms with Gasteiger partial charge in [0.05, 0.1) is 0 Å². The van der Waals surface area contributed by atoms with Gasteiger partial charge in [0.15, 0.2) is 0 Å². The van der Waals surface area contributed by atoms with Crippen molar-refractivity contribution in [1.82, 2.24) is 5.32 Å². The van der Waals surface area contributed by atoms with Gasteiger partial charge in [0.2, 0.25) is 0 Å². The first kappa shape index (κ1) is 13.2. The second-order valence-corrected chi connectivity index (χ2v) is 6.90. The Morgan fingerprint density at radius 1 is 1.21 bits per heavy atom. The average Bonchev–Trinajstić information content (AvgIpc) is 2.43. The zero-order valence-electron chi connectivity index (χ0n) is 12.2. The van der Waals surface area contributed by atoms with E-state index in [9.17, 15) is 0 Å². The molecule has 0 bridgehead atoms. The highest BCUT2D eigenvalue weighted by Crippen LogP contribution is 2.49. The summed E-state index contributed by atoms with van der Waals surface area (Å²) in [7, 11) is 0. The third-order valence-corrected chi connectivity index (χ3v) is 5.51. The Balaban J connectivity index is 1.77. The lowest BCUT2D eigenvalue weighted by atomic mass is 9.59. The molecule has 1 aliphatic heterocycles. The molecule has 3 atom stereocenters. The fourth-order valence-corrected chi connectivity index (χ4v) is 4.52. The van der Waals surface area contributed by atoms with Gasteiger partial charge in [-0.15, -0.1) is 0 Å². The van der Waals surface area contributed by atoms with Crippen molar-refractivity contribution < 1.29 is 0 Å². The van der Waals surface area contributed by atoms with E-state index in [4.69, 9.17) is 0 Å². The molecule has 1 nitrogen and oxygen atoms in total. The third kappa shape index (κ3) is 2.86. The molecule has 1 aromatic carbocycles. The van der Waals surface area contributed by atoms with Crippen molar-refractivity contribution in [1.29, 1.82) is 0 Å². The molecule has 1 heteroatoms. The maximum Gasteiger partial charge on any atom is -0.00120 e. The largest absolute Gasteiger partial charge is 0.316 e. The second-order valence-electron chi connectivity index (χ2n) is 6.90. The molecule has 1 spiro atoms. The molecule has 2 aliphatic rings. The molecule has 1 heterocycles. The Bertz CT molecular complexity index is 395. The zero-order valence-corrected chi connectivity index (χ0v) is 12.2. The topological polar surface area (TPSA) is 12.0 Å². The van der Waals surface area contributed by atoms with Crippen molar-refractivity contribution in [3.63, 3.8) is 0 Å². The smallest absolute Gasteiger partial charge is 0.00120 e. The first-order valence-corrected chi connectivity index (χ1v) is 8.03. The number of rotatable bonds is 2. The van der Waals surface area contributed by atoms with Gasteiger partial charge < -0.3 is 5.32 Å². The third-order valence-electron chi connectivity index (χ3n) is 5.51. The van der Waals surface area contributed by atoms with Crippen LogP contribution in [0.3, 0.4) is 0 Å². The molecule has 1 N–H and O–H groups in total. The summed E-state index contributed by atoms with van der Waals surface area (Å²) in [5.41, 5.74) is 2.16. The Hall–Kier alpha value is -0.820. The van der Waals surface area contributed by atoms with E-state index < -0.39 is 0 Å². The summed E-state index contributed by atoms with van der Waals surface area (Å²) in [6.07, 6.45) is 8.50. The molecule has 1 aliphatic carbocycles. The van der Waals surface area contributed by atoms with Gasteiger partial charge >= 0.3 is 0 Å². The van der Waals surface area contributed by atoms with Crippen LogP contribution in [0.1, 0.15) is 44.6 Å².